The summed E-state index contributed by atoms with van der Waals surface area (Å²) in [4.78, 5) is 22.1. The summed E-state index contributed by atoms with van der Waals surface area (Å²) in [6.45, 7) is 5.38. The number of carbonyl (C=O) groups is 2. The Morgan fingerprint density at radius 2 is 1.94 bits per heavy atom. The van der Waals surface area contributed by atoms with Gasteiger partial charge in [-0.05, 0) is 40.0 Å². The second kappa shape index (κ2) is 4.72. The van der Waals surface area contributed by atoms with Gasteiger partial charge in [0, 0.05) is 6.04 Å². The summed E-state index contributed by atoms with van der Waals surface area (Å²) >= 11 is 0. The zero-order chi connectivity index (χ0) is 12.3. The van der Waals surface area contributed by atoms with Crippen molar-refractivity contribution in [1.29, 1.82) is 0 Å². The Balaban J connectivity index is 2.34. The van der Waals surface area contributed by atoms with Crippen LogP contribution in [-0.4, -0.2) is 28.8 Å². The first-order valence-corrected chi connectivity index (χ1v) is 5.50. The molecule has 1 aliphatic rings. The Hall–Kier alpha value is -1.26. The molecule has 0 spiro atoms. The topological polar surface area (TPSA) is 75.6 Å². The highest BCUT2D eigenvalue weighted by atomic mass is 16.6. The van der Waals surface area contributed by atoms with Crippen LogP contribution in [0.25, 0.3) is 0 Å². The van der Waals surface area contributed by atoms with Crippen LogP contribution in [-0.2, 0) is 9.53 Å². The van der Waals surface area contributed by atoms with Gasteiger partial charge in [0.2, 0.25) is 0 Å². The zero-order valence-electron chi connectivity index (χ0n) is 9.95. The molecular formula is C11H19NO4. The molecule has 92 valence electrons. The third kappa shape index (κ3) is 4.08. The summed E-state index contributed by atoms with van der Waals surface area (Å²) < 4.78 is 5.10. The molecule has 0 aromatic rings. The van der Waals surface area contributed by atoms with Gasteiger partial charge in [-0.2, -0.15) is 0 Å². The SMILES string of the molecule is CC(C)(C)OC(=O)N[C@H]1CCC(C(=O)O)C1. The smallest absolute Gasteiger partial charge is 0.407 e. The second-order valence-electron chi connectivity index (χ2n) is 5.19. The van der Waals surface area contributed by atoms with Gasteiger partial charge in [-0.25, -0.2) is 4.79 Å². The average molecular weight is 229 g/mol. The molecule has 0 radical (unpaired) electrons. The predicted octanol–water partition coefficient (Wildman–Crippen LogP) is 1.76. The van der Waals surface area contributed by atoms with E-state index in [-0.39, 0.29) is 12.0 Å². The van der Waals surface area contributed by atoms with Crippen molar-refractivity contribution in [3.05, 3.63) is 0 Å². The van der Waals surface area contributed by atoms with E-state index in [2.05, 4.69) is 5.32 Å². The maximum atomic E-state index is 11.4. The van der Waals surface area contributed by atoms with Crippen molar-refractivity contribution in [3.8, 4) is 0 Å². The van der Waals surface area contributed by atoms with Crippen molar-refractivity contribution in [2.75, 3.05) is 0 Å². The normalized spacial score (nSPS) is 25.2. The van der Waals surface area contributed by atoms with E-state index in [1.54, 1.807) is 20.8 Å². The van der Waals surface area contributed by atoms with Crippen molar-refractivity contribution in [1.82, 2.24) is 5.32 Å². The van der Waals surface area contributed by atoms with Gasteiger partial charge in [0.15, 0.2) is 0 Å². The number of aliphatic carboxylic acids is 1. The van der Waals surface area contributed by atoms with Crippen molar-refractivity contribution in [2.24, 2.45) is 5.92 Å². The number of alkyl carbamates (subject to hydrolysis) is 1. The minimum Gasteiger partial charge on any atom is -0.481 e. The van der Waals surface area contributed by atoms with Gasteiger partial charge in [-0.1, -0.05) is 0 Å². The average Bonchev–Trinajstić information content (AvgIpc) is 2.48. The van der Waals surface area contributed by atoms with E-state index in [4.69, 9.17) is 9.84 Å². The molecule has 2 N–H and O–H groups in total. The van der Waals surface area contributed by atoms with Gasteiger partial charge in [-0.15, -0.1) is 0 Å². The van der Waals surface area contributed by atoms with E-state index in [1.807, 2.05) is 0 Å². The Morgan fingerprint density at radius 3 is 2.38 bits per heavy atom. The summed E-state index contributed by atoms with van der Waals surface area (Å²) in [5.41, 5.74) is -0.519. The predicted molar refractivity (Wildman–Crippen MR) is 58.1 cm³/mol. The Morgan fingerprint density at radius 1 is 1.31 bits per heavy atom. The molecule has 1 amide bonds. The van der Waals surface area contributed by atoms with E-state index in [9.17, 15) is 9.59 Å². The number of carboxylic acids is 1. The van der Waals surface area contributed by atoms with E-state index >= 15 is 0 Å². The van der Waals surface area contributed by atoms with Gasteiger partial charge >= 0.3 is 12.1 Å². The molecule has 0 aromatic carbocycles. The van der Waals surface area contributed by atoms with Crippen LogP contribution in [0.15, 0.2) is 0 Å². The molecule has 2 atom stereocenters. The number of amides is 1. The largest absolute Gasteiger partial charge is 0.481 e. The summed E-state index contributed by atoms with van der Waals surface area (Å²) in [6.07, 6.45) is 1.35. The quantitative estimate of drug-likeness (QED) is 0.756. The van der Waals surface area contributed by atoms with Gasteiger partial charge in [0.05, 0.1) is 5.92 Å². The molecule has 16 heavy (non-hydrogen) atoms. The number of ether oxygens (including phenoxy) is 1. The Kier molecular flexibility index (Phi) is 3.78. The summed E-state index contributed by atoms with van der Waals surface area (Å²) in [5, 5.41) is 11.5. The van der Waals surface area contributed by atoms with Crippen LogP contribution in [0.5, 0.6) is 0 Å². The number of hydrogen-bond donors (Lipinski definition) is 2. The monoisotopic (exact) mass is 229 g/mol. The highest BCUT2D eigenvalue weighted by Crippen LogP contribution is 2.25. The van der Waals surface area contributed by atoms with Crippen molar-refractivity contribution in [3.63, 3.8) is 0 Å². The maximum absolute atomic E-state index is 11.4. The highest BCUT2D eigenvalue weighted by Gasteiger charge is 2.31. The Bertz CT molecular complexity index is 282. The van der Waals surface area contributed by atoms with Crippen LogP contribution in [0.3, 0.4) is 0 Å². The molecule has 0 aliphatic heterocycles. The lowest BCUT2D eigenvalue weighted by Gasteiger charge is -2.21. The maximum Gasteiger partial charge on any atom is 0.407 e. The second-order valence-corrected chi connectivity index (χ2v) is 5.19. The lowest BCUT2D eigenvalue weighted by Crippen LogP contribution is -2.38. The van der Waals surface area contributed by atoms with Crippen LogP contribution in [0.2, 0.25) is 0 Å². The first kappa shape index (κ1) is 12.8. The number of nitrogens with one attached hydrogen (secondary N) is 1. The molecule has 5 heteroatoms. The van der Waals surface area contributed by atoms with Gasteiger partial charge < -0.3 is 15.2 Å². The van der Waals surface area contributed by atoms with Crippen molar-refractivity contribution < 1.29 is 19.4 Å². The van der Waals surface area contributed by atoms with Gasteiger partial charge in [-0.3, -0.25) is 4.79 Å². The third-order valence-electron chi connectivity index (χ3n) is 2.50. The van der Waals surface area contributed by atoms with Crippen LogP contribution in [0, 0.1) is 5.92 Å². The summed E-state index contributed by atoms with van der Waals surface area (Å²) in [7, 11) is 0. The fraction of sp³-hybridized carbons (Fsp3) is 0.818. The van der Waals surface area contributed by atoms with Crippen LogP contribution >= 0.6 is 0 Å². The first-order chi connectivity index (χ1) is 7.28. The molecule has 1 saturated carbocycles. The van der Waals surface area contributed by atoms with E-state index in [0.29, 0.717) is 19.3 Å². The molecule has 0 bridgehead atoms. The molecule has 0 saturated heterocycles. The fourth-order valence-corrected chi connectivity index (χ4v) is 1.81. The number of hydrogen-bond acceptors (Lipinski definition) is 3. The number of carboxylic acid groups (broad SMARTS) is 1. The van der Waals surface area contributed by atoms with E-state index < -0.39 is 17.7 Å². The lowest BCUT2D eigenvalue weighted by atomic mass is 10.1. The zero-order valence-corrected chi connectivity index (χ0v) is 9.95. The molecule has 1 fully saturated rings. The van der Waals surface area contributed by atoms with Crippen LogP contribution < -0.4 is 5.32 Å². The molecule has 1 unspecified atom stereocenters. The van der Waals surface area contributed by atoms with E-state index in [0.717, 1.165) is 0 Å². The molecular weight excluding hydrogens is 210 g/mol. The minimum absolute atomic E-state index is 0.0732. The number of rotatable bonds is 2. The summed E-state index contributed by atoms with van der Waals surface area (Å²) in [5.74, 6) is -1.12. The lowest BCUT2D eigenvalue weighted by molar-refractivity contribution is -0.141. The highest BCUT2D eigenvalue weighted by molar-refractivity contribution is 5.71. The third-order valence-corrected chi connectivity index (χ3v) is 2.50. The molecule has 5 nitrogen and oxygen atoms in total. The number of carbonyl (C=O) groups excluding carboxylic acids is 1. The van der Waals surface area contributed by atoms with E-state index in [1.165, 1.54) is 0 Å². The fourth-order valence-electron chi connectivity index (χ4n) is 1.81. The van der Waals surface area contributed by atoms with Gasteiger partial charge in [0.25, 0.3) is 0 Å². The van der Waals surface area contributed by atoms with Crippen LogP contribution in [0.1, 0.15) is 40.0 Å². The summed E-state index contributed by atoms with van der Waals surface area (Å²) in [6, 6.07) is -0.0732. The Labute approximate surface area is 95.2 Å². The first-order valence-electron chi connectivity index (χ1n) is 5.50. The molecule has 1 rings (SSSR count). The van der Waals surface area contributed by atoms with Crippen molar-refractivity contribution in [2.45, 2.75) is 51.7 Å². The van der Waals surface area contributed by atoms with Crippen LogP contribution in [0.4, 0.5) is 4.79 Å². The van der Waals surface area contributed by atoms with Crippen molar-refractivity contribution >= 4 is 12.1 Å². The molecule has 0 heterocycles. The molecule has 0 aromatic heterocycles. The standard InChI is InChI=1S/C11H19NO4/c1-11(2,3)16-10(15)12-8-5-4-7(6-8)9(13)14/h7-8H,4-6H2,1-3H3,(H,12,15)(H,13,14)/t7?,8-/m0/s1. The van der Waals surface area contributed by atoms with Gasteiger partial charge in [0.1, 0.15) is 5.60 Å². The molecule has 1 aliphatic carbocycles. The minimum atomic E-state index is -0.784.